The molecule has 3 nitrogen and oxygen atoms in total. The molecule has 19 heavy (non-hydrogen) atoms. The van der Waals surface area contributed by atoms with Crippen LogP contribution in [0.4, 0.5) is 0 Å². The topological polar surface area (TPSA) is 48.1 Å². The maximum Gasteiger partial charge on any atom is 0.140 e. The molecule has 100 valence electrons. The van der Waals surface area contributed by atoms with Crippen LogP contribution in [0.3, 0.4) is 0 Å². The highest BCUT2D eigenvalue weighted by atomic mass is 32.1. The Morgan fingerprint density at radius 2 is 2.11 bits per heavy atom. The Bertz CT molecular complexity index is 618. The van der Waals surface area contributed by atoms with E-state index in [0.29, 0.717) is 0 Å². The van der Waals surface area contributed by atoms with Gasteiger partial charge in [0.1, 0.15) is 16.4 Å². The van der Waals surface area contributed by atoms with Gasteiger partial charge >= 0.3 is 0 Å². The summed E-state index contributed by atoms with van der Waals surface area (Å²) in [6, 6.07) is 8.08. The van der Waals surface area contributed by atoms with Crippen LogP contribution >= 0.6 is 11.3 Å². The van der Waals surface area contributed by atoms with Crippen LogP contribution in [0.15, 0.2) is 24.3 Å². The van der Waals surface area contributed by atoms with Crippen molar-refractivity contribution in [1.82, 2.24) is 4.98 Å². The molecular weight excluding hydrogens is 256 g/mol. The number of fused-ring (bicyclic) bond motifs is 3. The summed E-state index contributed by atoms with van der Waals surface area (Å²) in [4.78, 5) is 5.94. The Morgan fingerprint density at radius 3 is 2.84 bits per heavy atom. The molecule has 1 aliphatic rings. The highest BCUT2D eigenvalue weighted by Crippen LogP contribution is 2.47. The van der Waals surface area contributed by atoms with Crippen molar-refractivity contribution in [2.45, 2.75) is 38.8 Å². The molecule has 2 heterocycles. The maximum atomic E-state index is 6.12. The molecule has 1 aromatic heterocycles. The van der Waals surface area contributed by atoms with E-state index in [4.69, 9.17) is 15.5 Å². The minimum atomic E-state index is -0.340. The monoisotopic (exact) mass is 274 g/mol. The third kappa shape index (κ3) is 1.95. The second kappa shape index (κ2) is 4.32. The number of para-hydroxylation sites is 1. The van der Waals surface area contributed by atoms with E-state index in [1.165, 1.54) is 4.88 Å². The van der Waals surface area contributed by atoms with Gasteiger partial charge in [-0.25, -0.2) is 4.98 Å². The van der Waals surface area contributed by atoms with Crippen LogP contribution in [0.5, 0.6) is 5.75 Å². The molecule has 1 unspecified atom stereocenters. The van der Waals surface area contributed by atoms with E-state index in [1.54, 1.807) is 11.3 Å². The van der Waals surface area contributed by atoms with E-state index in [1.807, 2.05) is 18.2 Å². The molecule has 1 aliphatic heterocycles. The molecule has 0 saturated carbocycles. The van der Waals surface area contributed by atoms with Gasteiger partial charge in [0.2, 0.25) is 0 Å². The summed E-state index contributed by atoms with van der Waals surface area (Å²) >= 11 is 1.68. The van der Waals surface area contributed by atoms with Crippen LogP contribution in [0, 0.1) is 0 Å². The van der Waals surface area contributed by atoms with Gasteiger partial charge in [0.15, 0.2) is 0 Å². The molecule has 0 bridgehead atoms. The number of hydrogen-bond donors (Lipinski definition) is 1. The Balaban J connectivity index is 2.20. The first kappa shape index (κ1) is 12.6. The summed E-state index contributed by atoms with van der Waals surface area (Å²) in [7, 11) is 0. The lowest BCUT2D eigenvalue weighted by atomic mass is 9.97. The van der Waals surface area contributed by atoms with Gasteiger partial charge < -0.3 is 10.5 Å². The van der Waals surface area contributed by atoms with Crippen LogP contribution in [0.2, 0.25) is 0 Å². The van der Waals surface area contributed by atoms with Gasteiger partial charge in [-0.1, -0.05) is 19.1 Å². The fourth-order valence-corrected chi connectivity index (χ4v) is 3.54. The zero-order valence-corrected chi connectivity index (χ0v) is 12.3. The van der Waals surface area contributed by atoms with Crippen LogP contribution < -0.4 is 10.5 Å². The van der Waals surface area contributed by atoms with E-state index < -0.39 is 0 Å². The summed E-state index contributed by atoms with van der Waals surface area (Å²) in [5.74, 6) is 0.905. The van der Waals surface area contributed by atoms with Crippen molar-refractivity contribution in [3.05, 3.63) is 34.2 Å². The molecule has 0 spiro atoms. The molecule has 0 amide bonds. The number of aromatic nitrogens is 1. The molecule has 0 radical (unpaired) electrons. The van der Waals surface area contributed by atoms with Gasteiger partial charge in [0.05, 0.1) is 16.6 Å². The number of ether oxygens (including phenoxy) is 1. The molecule has 0 fully saturated rings. The molecule has 4 heteroatoms. The van der Waals surface area contributed by atoms with Crippen molar-refractivity contribution in [3.8, 4) is 17.0 Å². The van der Waals surface area contributed by atoms with Gasteiger partial charge in [-0.05, 0) is 32.4 Å². The van der Waals surface area contributed by atoms with Crippen LogP contribution in [-0.2, 0) is 5.60 Å². The zero-order valence-electron chi connectivity index (χ0n) is 11.4. The number of hydrogen-bond acceptors (Lipinski definition) is 4. The number of benzene rings is 1. The van der Waals surface area contributed by atoms with Gasteiger partial charge in [-0.2, -0.15) is 0 Å². The minimum Gasteiger partial charge on any atom is -0.482 e. The smallest absolute Gasteiger partial charge is 0.140 e. The SMILES string of the molecule is CCC(N)c1nc2c(s1)C(C)(C)Oc1ccccc1-2. The van der Waals surface area contributed by atoms with Crippen LogP contribution in [-0.4, -0.2) is 4.98 Å². The fourth-order valence-electron chi connectivity index (χ4n) is 2.33. The first-order valence-electron chi connectivity index (χ1n) is 6.58. The second-order valence-corrected chi connectivity index (χ2v) is 6.38. The van der Waals surface area contributed by atoms with Gasteiger partial charge in [0, 0.05) is 5.56 Å². The fraction of sp³-hybridized carbons (Fsp3) is 0.400. The van der Waals surface area contributed by atoms with Crippen molar-refractivity contribution in [1.29, 1.82) is 0 Å². The van der Waals surface area contributed by atoms with E-state index in [2.05, 4.69) is 26.8 Å². The standard InChI is InChI=1S/C15H18N2OS/c1-4-10(16)14-17-12-9-7-5-6-8-11(9)18-15(2,3)13(12)19-14/h5-8,10H,4,16H2,1-3H3. The van der Waals surface area contributed by atoms with Gasteiger partial charge in [-0.15, -0.1) is 11.3 Å². The maximum absolute atomic E-state index is 6.12. The Morgan fingerprint density at radius 1 is 1.37 bits per heavy atom. The Labute approximate surface area is 117 Å². The van der Waals surface area contributed by atoms with E-state index in [0.717, 1.165) is 28.4 Å². The predicted molar refractivity (Wildman–Crippen MR) is 78.4 cm³/mol. The summed E-state index contributed by atoms with van der Waals surface area (Å²) in [5.41, 5.74) is 7.89. The van der Waals surface area contributed by atoms with Gasteiger partial charge in [0.25, 0.3) is 0 Å². The first-order valence-corrected chi connectivity index (χ1v) is 7.39. The van der Waals surface area contributed by atoms with E-state index in [-0.39, 0.29) is 11.6 Å². The lowest BCUT2D eigenvalue weighted by Crippen LogP contribution is -2.27. The van der Waals surface area contributed by atoms with Crippen LogP contribution in [0.25, 0.3) is 11.3 Å². The molecule has 2 N–H and O–H groups in total. The van der Waals surface area contributed by atoms with Gasteiger partial charge in [-0.3, -0.25) is 0 Å². The average Bonchev–Trinajstić information content (AvgIpc) is 2.84. The van der Waals surface area contributed by atoms with Crippen molar-refractivity contribution >= 4 is 11.3 Å². The summed E-state index contributed by atoms with van der Waals surface area (Å²) < 4.78 is 6.10. The molecule has 0 aliphatic carbocycles. The molecular formula is C15H18N2OS. The second-order valence-electron chi connectivity index (χ2n) is 5.35. The highest BCUT2D eigenvalue weighted by Gasteiger charge is 2.36. The predicted octanol–water partition coefficient (Wildman–Crippen LogP) is 3.85. The third-order valence-corrected chi connectivity index (χ3v) is 4.95. The third-order valence-electron chi connectivity index (χ3n) is 3.45. The summed E-state index contributed by atoms with van der Waals surface area (Å²) in [6.07, 6.45) is 0.898. The number of rotatable bonds is 2. The van der Waals surface area contributed by atoms with E-state index in [9.17, 15) is 0 Å². The number of nitrogens with two attached hydrogens (primary N) is 1. The largest absolute Gasteiger partial charge is 0.482 e. The molecule has 1 atom stereocenters. The summed E-state index contributed by atoms with van der Waals surface area (Å²) in [6.45, 7) is 6.25. The normalized spacial score (nSPS) is 17.3. The lowest BCUT2D eigenvalue weighted by Gasteiger charge is -2.31. The molecule has 0 saturated heterocycles. The van der Waals surface area contributed by atoms with Crippen LogP contribution in [0.1, 0.15) is 43.1 Å². The number of thiazole rings is 1. The Kier molecular flexibility index (Phi) is 2.87. The molecule has 2 aromatic rings. The van der Waals surface area contributed by atoms with Crippen molar-refractivity contribution < 1.29 is 4.74 Å². The Hall–Kier alpha value is -1.39. The number of nitrogens with zero attached hydrogens (tertiary/aromatic N) is 1. The quantitative estimate of drug-likeness (QED) is 0.905. The minimum absolute atomic E-state index is 0.0126. The van der Waals surface area contributed by atoms with Crippen molar-refractivity contribution in [2.75, 3.05) is 0 Å². The molecule has 3 rings (SSSR count). The lowest BCUT2D eigenvalue weighted by molar-refractivity contribution is 0.109. The van der Waals surface area contributed by atoms with Crippen molar-refractivity contribution in [2.24, 2.45) is 5.73 Å². The average molecular weight is 274 g/mol. The first-order chi connectivity index (χ1) is 9.03. The van der Waals surface area contributed by atoms with Crippen molar-refractivity contribution in [3.63, 3.8) is 0 Å². The zero-order chi connectivity index (χ0) is 13.6. The molecule has 1 aromatic carbocycles. The summed E-state index contributed by atoms with van der Waals surface area (Å²) in [5, 5.41) is 1.00. The highest BCUT2D eigenvalue weighted by molar-refractivity contribution is 7.12. The van der Waals surface area contributed by atoms with E-state index >= 15 is 0 Å².